The fourth-order valence-electron chi connectivity index (χ4n) is 4.36. The number of aryl methyl sites for hydroxylation is 1. The molecule has 0 radical (unpaired) electrons. The van der Waals surface area contributed by atoms with Gasteiger partial charge in [0, 0.05) is 13.1 Å². The number of phenolic OH excluding ortho intramolecular Hbond substituents is 1. The molecule has 0 aromatic heterocycles. The Morgan fingerprint density at radius 3 is 2.40 bits per heavy atom. The minimum Gasteiger partial charge on any atom is -0.507 e. The van der Waals surface area contributed by atoms with Gasteiger partial charge in [-0.2, -0.15) is 0 Å². The van der Waals surface area contributed by atoms with Crippen LogP contribution in [0.4, 0.5) is 0 Å². The Bertz CT molecular complexity index is 1120. The molecule has 1 amide bonds. The molecule has 2 aromatic rings. The average molecular weight is 483 g/mol. The molecule has 1 aliphatic rings. The van der Waals surface area contributed by atoms with Gasteiger partial charge in [-0.25, -0.2) is 0 Å². The van der Waals surface area contributed by atoms with Crippen LogP contribution in [-0.2, 0) is 9.59 Å². The lowest BCUT2D eigenvalue weighted by atomic mass is 9.94. The number of rotatable bonds is 10. The van der Waals surface area contributed by atoms with Gasteiger partial charge < -0.3 is 29.5 Å². The zero-order valence-electron chi connectivity index (χ0n) is 21.0. The van der Waals surface area contributed by atoms with E-state index in [2.05, 4.69) is 4.90 Å². The van der Waals surface area contributed by atoms with Crippen LogP contribution < -0.4 is 9.47 Å². The number of ketones is 1. The van der Waals surface area contributed by atoms with Crippen molar-refractivity contribution in [2.45, 2.75) is 33.7 Å². The first-order valence-electron chi connectivity index (χ1n) is 11.9. The number of phenols is 1. The largest absolute Gasteiger partial charge is 0.507 e. The standard InChI is InChI=1S/C27H34N2O6/c1-6-28(7-2)13-14-29-24(18-10-12-21(35-8-3)22(16-18)34-5)23(26(32)27(29)33)25(31)19-15-17(4)9-11-20(19)30/h9-12,15-16,24,30-31H,6-8,13-14H2,1-5H3/b25-23+. The van der Waals surface area contributed by atoms with Crippen LogP contribution >= 0.6 is 0 Å². The highest BCUT2D eigenvalue weighted by atomic mass is 16.5. The highest BCUT2D eigenvalue weighted by molar-refractivity contribution is 6.46. The van der Waals surface area contributed by atoms with Gasteiger partial charge in [0.05, 0.1) is 30.9 Å². The SMILES string of the molecule is CCOc1ccc(C2/C(=C(\O)c3cc(C)ccc3O)C(=O)C(=O)N2CCN(CC)CC)cc1OC. The number of Topliss-reactive ketones (excluding diaryl/α,β-unsaturated/α-hetero) is 1. The molecule has 0 aliphatic carbocycles. The van der Waals surface area contributed by atoms with Crippen LogP contribution in [0.25, 0.3) is 5.76 Å². The number of nitrogens with zero attached hydrogens (tertiary/aromatic N) is 2. The van der Waals surface area contributed by atoms with E-state index in [4.69, 9.17) is 9.47 Å². The summed E-state index contributed by atoms with van der Waals surface area (Å²) in [5, 5.41) is 21.7. The van der Waals surface area contributed by atoms with Gasteiger partial charge >= 0.3 is 0 Å². The summed E-state index contributed by atoms with van der Waals surface area (Å²) in [6.45, 7) is 10.7. The molecule has 8 nitrogen and oxygen atoms in total. The number of carbonyl (C=O) groups is 2. The predicted octanol–water partition coefficient (Wildman–Crippen LogP) is 3.87. The zero-order valence-corrected chi connectivity index (χ0v) is 21.0. The molecular formula is C27H34N2O6. The number of amides is 1. The van der Waals surface area contributed by atoms with Gasteiger partial charge in [0.15, 0.2) is 11.5 Å². The summed E-state index contributed by atoms with van der Waals surface area (Å²) in [5.74, 6) is -1.07. The van der Waals surface area contributed by atoms with Crippen molar-refractivity contribution in [1.29, 1.82) is 0 Å². The van der Waals surface area contributed by atoms with Gasteiger partial charge in [-0.3, -0.25) is 9.59 Å². The molecule has 0 saturated carbocycles. The summed E-state index contributed by atoms with van der Waals surface area (Å²) >= 11 is 0. The molecule has 1 aliphatic heterocycles. The van der Waals surface area contributed by atoms with Gasteiger partial charge in [-0.15, -0.1) is 0 Å². The first-order valence-corrected chi connectivity index (χ1v) is 11.9. The summed E-state index contributed by atoms with van der Waals surface area (Å²) in [5.41, 5.74) is 1.42. The van der Waals surface area contributed by atoms with Crippen molar-refractivity contribution in [1.82, 2.24) is 9.80 Å². The molecular weight excluding hydrogens is 448 g/mol. The monoisotopic (exact) mass is 482 g/mol. The number of aliphatic hydroxyl groups is 1. The molecule has 35 heavy (non-hydrogen) atoms. The lowest BCUT2D eigenvalue weighted by Gasteiger charge is -2.28. The maximum absolute atomic E-state index is 13.3. The third-order valence-electron chi connectivity index (χ3n) is 6.30. The van der Waals surface area contributed by atoms with Crippen molar-refractivity contribution in [3.8, 4) is 17.2 Å². The molecule has 2 aromatic carbocycles. The number of hydrogen-bond acceptors (Lipinski definition) is 7. The van der Waals surface area contributed by atoms with Crippen LogP contribution in [0, 0.1) is 6.92 Å². The number of aromatic hydroxyl groups is 1. The lowest BCUT2D eigenvalue weighted by molar-refractivity contribution is -0.140. The molecule has 2 N–H and O–H groups in total. The second kappa shape index (κ2) is 11.3. The Balaban J connectivity index is 2.19. The number of ether oxygens (including phenoxy) is 2. The predicted molar refractivity (Wildman–Crippen MR) is 134 cm³/mol. The first-order chi connectivity index (χ1) is 16.8. The van der Waals surface area contributed by atoms with Gasteiger partial charge in [0.1, 0.15) is 11.5 Å². The summed E-state index contributed by atoms with van der Waals surface area (Å²) in [7, 11) is 1.52. The second-order valence-corrected chi connectivity index (χ2v) is 8.38. The van der Waals surface area contributed by atoms with Gasteiger partial charge in [-0.1, -0.05) is 31.5 Å². The molecule has 0 bridgehead atoms. The zero-order chi connectivity index (χ0) is 25.7. The van der Waals surface area contributed by atoms with Crippen molar-refractivity contribution in [2.24, 2.45) is 0 Å². The molecule has 3 rings (SSSR count). The number of methoxy groups -OCH3 is 1. The highest BCUT2D eigenvalue weighted by Gasteiger charge is 2.46. The van der Waals surface area contributed by atoms with E-state index >= 15 is 0 Å². The number of likely N-dealkylation sites (tertiary alicyclic amines) is 1. The van der Waals surface area contributed by atoms with Gasteiger partial charge in [0.25, 0.3) is 11.7 Å². The van der Waals surface area contributed by atoms with E-state index < -0.39 is 23.5 Å². The molecule has 0 spiro atoms. The maximum atomic E-state index is 13.3. The van der Waals surface area contributed by atoms with E-state index in [-0.39, 0.29) is 16.9 Å². The Labute approximate surface area is 206 Å². The van der Waals surface area contributed by atoms with Crippen molar-refractivity contribution in [3.05, 3.63) is 58.7 Å². The molecule has 8 heteroatoms. The number of likely N-dealkylation sites (N-methyl/N-ethyl adjacent to an activating group) is 1. The van der Waals surface area contributed by atoms with Crippen LogP contribution in [0.3, 0.4) is 0 Å². The summed E-state index contributed by atoms with van der Waals surface area (Å²) < 4.78 is 11.1. The third-order valence-corrected chi connectivity index (χ3v) is 6.30. The van der Waals surface area contributed by atoms with Gasteiger partial charge in [-0.05, 0) is 56.8 Å². The molecule has 188 valence electrons. The average Bonchev–Trinajstić information content (AvgIpc) is 3.11. The van der Waals surface area contributed by atoms with E-state index in [0.717, 1.165) is 18.7 Å². The van der Waals surface area contributed by atoms with Crippen LogP contribution in [0.2, 0.25) is 0 Å². The third kappa shape index (κ3) is 5.27. The van der Waals surface area contributed by atoms with Crippen LogP contribution in [0.15, 0.2) is 42.0 Å². The van der Waals surface area contributed by atoms with E-state index in [1.54, 1.807) is 30.3 Å². The topological polar surface area (TPSA) is 99.5 Å². The number of hydrogen-bond donors (Lipinski definition) is 2. The fourth-order valence-corrected chi connectivity index (χ4v) is 4.36. The Kier molecular flexibility index (Phi) is 8.40. The Morgan fingerprint density at radius 2 is 1.77 bits per heavy atom. The van der Waals surface area contributed by atoms with E-state index in [9.17, 15) is 19.8 Å². The van der Waals surface area contributed by atoms with E-state index in [0.29, 0.717) is 36.8 Å². The van der Waals surface area contributed by atoms with Crippen molar-refractivity contribution < 1.29 is 29.3 Å². The van der Waals surface area contributed by atoms with Crippen molar-refractivity contribution in [2.75, 3.05) is 39.9 Å². The summed E-state index contributed by atoms with van der Waals surface area (Å²) in [6, 6.07) is 9.10. The molecule has 1 fully saturated rings. The maximum Gasteiger partial charge on any atom is 0.295 e. The minimum absolute atomic E-state index is 0.0679. The normalized spacial score (nSPS) is 17.3. The molecule has 1 atom stereocenters. The Hall–Kier alpha value is -3.52. The molecule has 1 saturated heterocycles. The minimum atomic E-state index is -0.852. The lowest BCUT2D eigenvalue weighted by Crippen LogP contribution is -2.38. The summed E-state index contributed by atoms with van der Waals surface area (Å²) in [4.78, 5) is 30.1. The van der Waals surface area contributed by atoms with E-state index in [1.807, 2.05) is 27.7 Å². The number of carbonyl (C=O) groups excluding carboxylic acids is 2. The smallest absolute Gasteiger partial charge is 0.295 e. The Morgan fingerprint density at radius 1 is 1.06 bits per heavy atom. The van der Waals surface area contributed by atoms with Crippen molar-refractivity contribution >= 4 is 17.4 Å². The van der Waals surface area contributed by atoms with Crippen molar-refractivity contribution in [3.63, 3.8) is 0 Å². The number of benzene rings is 2. The second-order valence-electron chi connectivity index (χ2n) is 8.38. The highest BCUT2D eigenvalue weighted by Crippen LogP contribution is 2.43. The molecule has 1 heterocycles. The van der Waals surface area contributed by atoms with Crippen LogP contribution in [0.1, 0.15) is 43.5 Å². The fraction of sp³-hybridized carbons (Fsp3) is 0.407. The first kappa shape index (κ1) is 26.1. The van der Waals surface area contributed by atoms with Gasteiger partial charge in [0.2, 0.25) is 0 Å². The quantitative estimate of drug-likeness (QED) is 0.301. The molecule has 1 unspecified atom stereocenters. The number of aliphatic hydroxyl groups excluding tert-OH is 1. The summed E-state index contributed by atoms with van der Waals surface area (Å²) in [6.07, 6.45) is 0. The van der Waals surface area contributed by atoms with E-state index in [1.165, 1.54) is 18.1 Å². The van der Waals surface area contributed by atoms with Crippen LogP contribution in [-0.4, -0.2) is 71.6 Å². The van der Waals surface area contributed by atoms with Crippen LogP contribution in [0.5, 0.6) is 17.2 Å².